The molecule has 26 heavy (non-hydrogen) atoms. The number of alkyl halides is 1. The molecule has 0 unspecified atom stereocenters. The maximum atomic E-state index is 13.3. The SMILES string of the molecule is FCCCn1cnc(-c2ccc(F)cc2)c1-c1ccnc(NC2CC2)n1. The first-order valence-corrected chi connectivity index (χ1v) is 8.71. The molecule has 1 saturated carbocycles. The zero-order valence-corrected chi connectivity index (χ0v) is 14.2. The second kappa shape index (κ2) is 7.19. The molecule has 0 amide bonds. The molecular formula is C19H19F2N5. The van der Waals surface area contributed by atoms with Gasteiger partial charge in [0, 0.05) is 24.3 Å². The summed E-state index contributed by atoms with van der Waals surface area (Å²) < 4.78 is 27.9. The van der Waals surface area contributed by atoms with Gasteiger partial charge in [-0.25, -0.2) is 19.3 Å². The van der Waals surface area contributed by atoms with Crippen molar-refractivity contribution in [3.05, 3.63) is 48.7 Å². The summed E-state index contributed by atoms with van der Waals surface area (Å²) in [5.41, 5.74) is 2.97. The molecule has 0 radical (unpaired) electrons. The summed E-state index contributed by atoms with van der Waals surface area (Å²) in [5, 5.41) is 3.29. The Balaban J connectivity index is 1.76. The molecule has 7 heteroatoms. The molecule has 0 atom stereocenters. The largest absolute Gasteiger partial charge is 0.351 e. The molecule has 2 heterocycles. The van der Waals surface area contributed by atoms with Crippen LogP contribution >= 0.6 is 0 Å². The van der Waals surface area contributed by atoms with Crippen molar-refractivity contribution in [2.75, 3.05) is 12.0 Å². The van der Waals surface area contributed by atoms with Gasteiger partial charge >= 0.3 is 0 Å². The van der Waals surface area contributed by atoms with Gasteiger partial charge in [0.1, 0.15) is 5.82 Å². The van der Waals surface area contributed by atoms with Gasteiger partial charge in [-0.1, -0.05) is 0 Å². The lowest BCUT2D eigenvalue weighted by atomic mass is 10.1. The van der Waals surface area contributed by atoms with Gasteiger partial charge < -0.3 is 9.88 Å². The van der Waals surface area contributed by atoms with Crippen LogP contribution in [0, 0.1) is 5.82 Å². The molecule has 134 valence electrons. The van der Waals surface area contributed by atoms with Crippen LogP contribution in [-0.4, -0.2) is 32.2 Å². The fourth-order valence-corrected chi connectivity index (χ4v) is 2.84. The van der Waals surface area contributed by atoms with Crippen molar-refractivity contribution in [3.63, 3.8) is 0 Å². The standard InChI is InChI=1S/C19H19F2N5/c20-9-1-11-26-12-23-17(13-2-4-14(21)5-3-13)18(26)16-8-10-22-19(25-16)24-15-6-7-15/h2-5,8,10,12,15H,1,6-7,9,11H2,(H,22,24,25). The number of imidazole rings is 1. The Morgan fingerprint density at radius 2 is 1.92 bits per heavy atom. The monoisotopic (exact) mass is 355 g/mol. The lowest BCUT2D eigenvalue weighted by Gasteiger charge is -2.11. The van der Waals surface area contributed by atoms with E-state index in [0.29, 0.717) is 36.3 Å². The van der Waals surface area contributed by atoms with E-state index in [9.17, 15) is 8.78 Å². The zero-order valence-electron chi connectivity index (χ0n) is 14.2. The summed E-state index contributed by atoms with van der Waals surface area (Å²) in [6.07, 6.45) is 6.03. The molecular weight excluding hydrogens is 336 g/mol. The summed E-state index contributed by atoms with van der Waals surface area (Å²) in [6.45, 7) is 0.0944. The Labute approximate surface area is 150 Å². The highest BCUT2D eigenvalue weighted by Crippen LogP contribution is 2.31. The Kier molecular flexibility index (Phi) is 4.60. The lowest BCUT2D eigenvalue weighted by molar-refractivity contribution is 0.447. The minimum absolute atomic E-state index is 0.301. The summed E-state index contributed by atoms with van der Waals surface area (Å²) in [7, 11) is 0. The minimum Gasteiger partial charge on any atom is -0.351 e. The van der Waals surface area contributed by atoms with Gasteiger partial charge in [0.25, 0.3) is 0 Å². The predicted molar refractivity (Wildman–Crippen MR) is 95.9 cm³/mol. The van der Waals surface area contributed by atoms with E-state index in [1.54, 1.807) is 24.7 Å². The van der Waals surface area contributed by atoms with E-state index in [2.05, 4.69) is 20.3 Å². The van der Waals surface area contributed by atoms with Gasteiger partial charge in [-0.2, -0.15) is 0 Å². The van der Waals surface area contributed by atoms with Crippen LogP contribution in [0.3, 0.4) is 0 Å². The number of nitrogens with one attached hydrogen (secondary N) is 1. The zero-order chi connectivity index (χ0) is 17.9. The highest BCUT2D eigenvalue weighted by molar-refractivity contribution is 5.77. The van der Waals surface area contributed by atoms with Gasteiger partial charge in [-0.3, -0.25) is 4.39 Å². The van der Waals surface area contributed by atoms with E-state index >= 15 is 0 Å². The number of hydrogen-bond acceptors (Lipinski definition) is 4. The average Bonchev–Trinajstić information content (AvgIpc) is 3.37. The number of anilines is 1. The van der Waals surface area contributed by atoms with Crippen LogP contribution in [0.15, 0.2) is 42.9 Å². The number of hydrogen-bond donors (Lipinski definition) is 1. The molecule has 0 spiro atoms. The van der Waals surface area contributed by atoms with E-state index in [1.165, 1.54) is 12.1 Å². The van der Waals surface area contributed by atoms with Crippen LogP contribution in [0.25, 0.3) is 22.6 Å². The Bertz CT molecular complexity index is 887. The quantitative estimate of drug-likeness (QED) is 0.694. The number of rotatable bonds is 7. The van der Waals surface area contributed by atoms with Gasteiger partial charge in [0.2, 0.25) is 5.95 Å². The molecule has 5 nitrogen and oxygen atoms in total. The van der Waals surface area contributed by atoms with E-state index in [0.717, 1.165) is 24.1 Å². The van der Waals surface area contributed by atoms with E-state index in [1.807, 2.05) is 10.6 Å². The molecule has 1 aromatic carbocycles. The van der Waals surface area contributed by atoms with Gasteiger partial charge in [0.15, 0.2) is 0 Å². The van der Waals surface area contributed by atoms with Crippen molar-refractivity contribution in [1.82, 2.24) is 19.5 Å². The number of aryl methyl sites for hydroxylation is 1. The molecule has 1 aliphatic rings. The second-order valence-corrected chi connectivity index (χ2v) is 6.37. The lowest BCUT2D eigenvalue weighted by Crippen LogP contribution is -2.07. The molecule has 3 aromatic rings. The van der Waals surface area contributed by atoms with E-state index in [-0.39, 0.29) is 5.82 Å². The topological polar surface area (TPSA) is 55.6 Å². The summed E-state index contributed by atoms with van der Waals surface area (Å²) >= 11 is 0. The molecule has 4 rings (SSSR count). The first-order chi connectivity index (χ1) is 12.7. The predicted octanol–water partition coefficient (Wildman–Crippen LogP) is 4.08. The van der Waals surface area contributed by atoms with Gasteiger partial charge in [0.05, 0.1) is 30.1 Å². The summed E-state index contributed by atoms with van der Waals surface area (Å²) in [4.78, 5) is 13.4. The third-order valence-corrected chi connectivity index (χ3v) is 4.30. The molecule has 0 bridgehead atoms. The average molecular weight is 355 g/mol. The fraction of sp³-hybridized carbons (Fsp3) is 0.316. The third kappa shape index (κ3) is 3.56. The first-order valence-electron chi connectivity index (χ1n) is 8.71. The molecule has 2 aromatic heterocycles. The summed E-state index contributed by atoms with van der Waals surface area (Å²) in [6, 6.07) is 8.43. The van der Waals surface area contributed by atoms with Crippen molar-refractivity contribution in [1.29, 1.82) is 0 Å². The Morgan fingerprint density at radius 3 is 2.65 bits per heavy atom. The van der Waals surface area contributed by atoms with Crippen molar-refractivity contribution in [2.24, 2.45) is 0 Å². The van der Waals surface area contributed by atoms with E-state index in [4.69, 9.17) is 0 Å². The summed E-state index contributed by atoms with van der Waals surface area (Å²) in [5.74, 6) is 0.276. The maximum Gasteiger partial charge on any atom is 0.223 e. The van der Waals surface area contributed by atoms with Crippen molar-refractivity contribution in [3.8, 4) is 22.6 Å². The molecule has 0 aliphatic heterocycles. The smallest absolute Gasteiger partial charge is 0.223 e. The van der Waals surface area contributed by atoms with Crippen LogP contribution in [0.1, 0.15) is 19.3 Å². The van der Waals surface area contributed by atoms with Gasteiger partial charge in [-0.15, -0.1) is 0 Å². The molecule has 1 aliphatic carbocycles. The number of halogens is 2. The highest BCUT2D eigenvalue weighted by atomic mass is 19.1. The number of benzene rings is 1. The first kappa shape index (κ1) is 16.6. The van der Waals surface area contributed by atoms with Crippen LogP contribution in [0.5, 0.6) is 0 Å². The van der Waals surface area contributed by atoms with Crippen molar-refractivity contribution < 1.29 is 8.78 Å². The van der Waals surface area contributed by atoms with Crippen LogP contribution < -0.4 is 5.32 Å². The number of nitrogens with zero attached hydrogens (tertiary/aromatic N) is 4. The van der Waals surface area contributed by atoms with Crippen molar-refractivity contribution >= 4 is 5.95 Å². The minimum atomic E-state index is -0.401. The van der Waals surface area contributed by atoms with Crippen LogP contribution in [0.4, 0.5) is 14.7 Å². The van der Waals surface area contributed by atoms with Crippen molar-refractivity contribution in [2.45, 2.75) is 31.8 Å². The molecule has 1 fully saturated rings. The Hall–Kier alpha value is -2.83. The molecule has 0 saturated heterocycles. The molecule has 1 N–H and O–H groups in total. The van der Waals surface area contributed by atoms with E-state index < -0.39 is 6.67 Å². The highest BCUT2D eigenvalue weighted by Gasteiger charge is 2.23. The maximum absolute atomic E-state index is 13.3. The third-order valence-electron chi connectivity index (χ3n) is 4.30. The normalized spacial score (nSPS) is 13.8. The van der Waals surface area contributed by atoms with Gasteiger partial charge in [-0.05, 0) is 49.6 Å². The van der Waals surface area contributed by atoms with Crippen LogP contribution in [-0.2, 0) is 6.54 Å². The fourth-order valence-electron chi connectivity index (χ4n) is 2.84. The number of aromatic nitrogens is 4. The Morgan fingerprint density at radius 1 is 1.12 bits per heavy atom. The second-order valence-electron chi connectivity index (χ2n) is 6.37. The van der Waals surface area contributed by atoms with Crippen LogP contribution in [0.2, 0.25) is 0 Å².